The summed E-state index contributed by atoms with van der Waals surface area (Å²) in [7, 11) is 0. The second kappa shape index (κ2) is 7.87. The standard InChI is InChI=1S/C20H28F3NO2/c1-2-18-11-17(25)13-19(26-18)6-8-24(9-7-19)14-16-5-3-4-15(10-16)12-20(21,22)23/h3-5,10,17-18,25H,2,6-9,11-14H2,1H3/t17-,18+/m1/s1. The summed E-state index contributed by atoms with van der Waals surface area (Å²) in [5, 5.41) is 10.2. The van der Waals surface area contributed by atoms with E-state index in [2.05, 4.69) is 11.8 Å². The molecule has 0 saturated carbocycles. The van der Waals surface area contributed by atoms with Crippen LogP contribution in [0.2, 0.25) is 0 Å². The van der Waals surface area contributed by atoms with Gasteiger partial charge < -0.3 is 9.84 Å². The summed E-state index contributed by atoms with van der Waals surface area (Å²) >= 11 is 0. The van der Waals surface area contributed by atoms with Gasteiger partial charge in [0.2, 0.25) is 0 Å². The number of alkyl halides is 3. The number of halogens is 3. The van der Waals surface area contributed by atoms with Crippen molar-refractivity contribution in [3.8, 4) is 0 Å². The van der Waals surface area contributed by atoms with Gasteiger partial charge in [-0.25, -0.2) is 0 Å². The molecule has 1 aromatic carbocycles. The molecule has 1 aromatic rings. The Hall–Kier alpha value is -1.11. The lowest BCUT2D eigenvalue weighted by atomic mass is 9.81. The van der Waals surface area contributed by atoms with Crippen molar-refractivity contribution in [2.45, 2.75) is 76.0 Å². The van der Waals surface area contributed by atoms with Crippen LogP contribution in [0.4, 0.5) is 13.2 Å². The summed E-state index contributed by atoms with van der Waals surface area (Å²) in [4.78, 5) is 2.27. The van der Waals surface area contributed by atoms with Gasteiger partial charge in [0, 0.05) is 26.1 Å². The van der Waals surface area contributed by atoms with E-state index in [1.54, 1.807) is 12.1 Å². The number of hydrogen-bond acceptors (Lipinski definition) is 3. The van der Waals surface area contributed by atoms with Crippen molar-refractivity contribution >= 4 is 0 Å². The zero-order valence-corrected chi connectivity index (χ0v) is 15.3. The molecule has 2 saturated heterocycles. The maximum Gasteiger partial charge on any atom is 0.393 e. The van der Waals surface area contributed by atoms with Gasteiger partial charge in [-0.15, -0.1) is 0 Å². The molecule has 2 fully saturated rings. The predicted octanol–water partition coefficient (Wildman–Crippen LogP) is 4.08. The van der Waals surface area contributed by atoms with Gasteiger partial charge in [-0.1, -0.05) is 31.2 Å². The third-order valence-electron chi connectivity index (χ3n) is 5.58. The largest absolute Gasteiger partial charge is 0.393 e. The number of ether oxygens (including phenoxy) is 1. The van der Waals surface area contributed by atoms with Crippen molar-refractivity contribution in [2.24, 2.45) is 0 Å². The smallest absolute Gasteiger partial charge is 0.393 e. The van der Waals surface area contributed by atoms with Crippen LogP contribution in [0, 0.1) is 0 Å². The highest BCUT2D eigenvalue weighted by Crippen LogP contribution is 2.38. The number of aliphatic hydroxyl groups excluding tert-OH is 1. The van der Waals surface area contributed by atoms with Crippen LogP contribution in [0.25, 0.3) is 0 Å². The molecule has 0 radical (unpaired) electrons. The quantitative estimate of drug-likeness (QED) is 0.866. The van der Waals surface area contributed by atoms with E-state index >= 15 is 0 Å². The fraction of sp³-hybridized carbons (Fsp3) is 0.700. The first kappa shape index (κ1) is 19.6. The predicted molar refractivity (Wildman–Crippen MR) is 93.8 cm³/mol. The molecule has 2 heterocycles. The molecule has 0 unspecified atom stereocenters. The van der Waals surface area contributed by atoms with Gasteiger partial charge in [0.25, 0.3) is 0 Å². The second-order valence-electron chi connectivity index (χ2n) is 7.81. The number of hydrogen-bond donors (Lipinski definition) is 1. The fourth-order valence-corrected chi connectivity index (χ4v) is 4.28. The normalized spacial score (nSPS) is 27.0. The van der Waals surface area contributed by atoms with Gasteiger partial charge in [-0.05, 0) is 36.8 Å². The van der Waals surface area contributed by atoms with E-state index in [9.17, 15) is 18.3 Å². The summed E-state index contributed by atoms with van der Waals surface area (Å²) in [6.07, 6.45) is -1.17. The first-order chi connectivity index (χ1) is 12.3. The average Bonchev–Trinajstić information content (AvgIpc) is 2.55. The van der Waals surface area contributed by atoms with Gasteiger partial charge in [0.05, 0.1) is 24.2 Å². The van der Waals surface area contributed by atoms with Crippen LogP contribution < -0.4 is 0 Å². The van der Waals surface area contributed by atoms with E-state index in [0.717, 1.165) is 37.9 Å². The molecule has 3 rings (SSSR count). The first-order valence-corrected chi connectivity index (χ1v) is 9.50. The number of aliphatic hydroxyl groups is 1. The second-order valence-corrected chi connectivity index (χ2v) is 7.81. The van der Waals surface area contributed by atoms with Gasteiger partial charge in [0.1, 0.15) is 0 Å². The summed E-state index contributed by atoms with van der Waals surface area (Å²) < 4.78 is 44.0. The van der Waals surface area contributed by atoms with E-state index in [-0.39, 0.29) is 17.8 Å². The molecule has 2 aliphatic heterocycles. The number of benzene rings is 1. The van der Waals surface area contributed by atoms with Crippen LogP contribution in [0.5, 0.6) is 0 Å². The van der Waals surface area contributed by atoms with Gasteiger partial charge >= 0.3 is 6.18 Å². The molecule has 26 heavy (non-hydrogen) atoms. The summed E-state index contributed by atoms with van der Waals surface area (Å²) in [6, 6.07) is 6.78. The third kappa shape index (κ3) is 5.21. The topological polar surface area (TPSA) is 32.7 Å². The Bertz CT molecular complexity index is 597. The molecule has 1 N–H and O–H groups in total. The van der Waals surface area contributed by atoms with E-state index in [1.165, 1.54) is 6.07 Å². The minimum Gasteiger partial charge on any atom is -0.393 e. The molecule has 2 atom stereocenters. The average molecular weight is 371 g/mol. The maximum absolute atomic E-state index is 12.6. The molecule has 0 bridgehead atoms. The van der Waals surface area contributed by atoms with Gasteiger partial charge in [-0.3, -0.25) is 4.90 Å². The van der Waals surface area contributed by atoms with Crippen LogP contribution >= 0.6 is 0 Å². The van der Waals surface area contributed by atoms with Crippen LogP contribution in [0.3, 0.4) is 0 Å². The lowest BCUT2D eigenvalue weighted by Gasteiger charge is -2.48. The van der Waals surface area contributed by atoms with Crippen molar-refractivity contribution in [3.63, 3.8) is 0 Å². The number of likely N-dealkylation sites (tertiary alicyclic amines) is 1. The Morgan fingerprint density at radius 2 is 1.92 bits per heavy atom. The summed E-state index contributed by atoms with van der Waals surface area (Å²) in [5.74, 6) is 0. The Labute approximate surface area is 153 Å². The van der Waals surface area contributed by atoms with Gasteiger partial charge in [-0.2, -0.15) is 13.2 Å². The number of nitrogens with zero attached hydrogens (tertiary/aromatic N) is 1. The molecule has 0 amide bonds. The molecule has 2 aliphatic rings. The van der Waals surface area contributed by atoms with E-state index in [1.807, 2.05) is 6.07 Å². The highest BCUT2D eigenvalue weighted by atomic mass is 19.4. The van der Waals surface area contributed by atoms with Crippen LogP contribution in [-0.4, -0.2) is 47.1 Å². The first-order valence-electron chi connectivity index (χ1n) is 9.50. The Morgan fingerprint density at radius 1 is 1.23 bits per heavy atom. The van der Waals surface area contributed by atoms with E-state index in [0.29, 0.717) is 24.9 Å². The number of piperidine rings is 1. The molecule has 3 nitrogen and oxygen atoms in total. The maximum atomic E-state index is 12.6. The Kier molecular flexibility index (Phi) is 5.94. The minimum atomic E-state index is -4.18. The highest BCUT2D eigenvalue weighted by Gasteiger charge is 2.42. The molecule has 6 heteroatoms. The molecule has 146 valence electrons. The summed E-state index contributed by atoms with van der Waals surface area (Å²) in [5.41, 5.74) is 0.999. The molecule has 0 aromatic heterocycles. The highest BCUT2D eigenvalue weighted by molar-refractivity contribution is 5.24. The van der Waals surface area contributed by atoms with Crippen molar-refractivity contribution in [2.75, 3.05) is 13.1 Å². The van der Waals surface area contributed by atoms with Crippen LogP contribution in [0.15, 0.2) is 24.3 Å². The molecular weight excluding hydrogens is 343 g/mol. The Balaban J connectivity index is 1.56. The van der Waals surface area contributed by atoms with Crippen molar-refractivity contribution < 1.29 is 23.0 Å². The molecule has 1 spiro atoms. The fourth-order valence-electron chi connectivity index (χ4n) is 4.28. The molecular formula is C20H28F3NO2. The molecule has 0 aliphatic carbocycles. The zero-order chi connectivity index (χ0) is 18.8. The lowest BCUT2D eigenvalue weighted by Crippen LogP contribution is -2.52. The zero-order valence-electron chi connectivity index (χ0n) is 15.3. The van der Waals surface area contributed by atoms with Crippen molar-refractivity contribution in [3.05, 3.63) is 35.4 Å². The summed E-state index contributed by atoms with van der Waals surface area (Å²) in [6.45, 7) is 4.42. The van der Waals surface area contributed by atoms with Crippen LogP contribution in [-0.2, 0) is 17.7 Å². The van der Waals surface area contributed by atoms with E-state index < -0.39 is 12.6 Å². The number of rotatable bonds is 4. The lowest BCUT2D eigenvalue weighted by molar-refractivity contribution is -0.182. The van der Waals surface area contributed by atoms with Crippen molar-refractivity contribution in [1.82, 2.24) is 4.90 Å². The SMILES string of the molecule is CC[C@H]1C[C@@H](O)CC2(CCN(Cc3cccc(CC(F)(F)F)c3)CC2)O1. The van der Waals surface area contributed by atoms with Crippen LogP contribution in [0.1, 0.15) is 50.2 Å². The van der Waals surface area contributed by atoms with E-state index in [4.69, 9.17) is 4.74 Å². The monoisotopic (exact) mass is 371 g/mol. The van der Waals surface area contributed by atoms with Gasteiger partial charge in [0.15, 0.2) is 0 Å². The van der Waals surface area contributed by atoms with Crippen molar-refractivity contribution in [1.29, 1.82) is 0 Å². The minimum absolute atomic E-state index is 0.129. The Morgan fingerprint density at radius 3 is 2.58 bits per heavy atom. The third-order valence-corrected chi connectivity index (χ3v) is 5.58.